The fourth-order valence-electron chi connectivity index (χ4n) is 2.19. The SMILES string of the molecule is CNS(=O)(=O)c1ccc(C(C)(C)c2ccccc2)cc1. The Labute approximate surface area is 120 Å². The average molecular weight is 289 g/mol. The third-order valence-electron chi connectivity index (χ3n) is 3.65. The van der Waals surface area contributed by atoms with Crippen molar-refractivity contribution in [2.75, 3.05) is 7.05 Å². The molecule has 1 N–H and O–H groups in total. The summed E-state index contributed by atoms with van der Waals surface area (Å²) in [6, 6.07) is 17.2. The molecule has 0 aromatic heterocycles. The van der Waals surface area contributed by atoms with Crippen molar-refractivity contribution in [1.82, 2.24) is 4.72 Å². The molecule has 0 saturated heterocycles. The molecule has 0 atom stereocenters. The molecule has 0 aliphatic heterocycles. The van der Waals surface area contributed by atoms with E-state index < -0.39 is 10.0 Å². The second-order valence-corrected chi connectivity index (χ2v) is 7.11. The van der Waals surface area contributed by atoms with Gasteiger partial charge in [-0.1, -0.05) is 56.3 Å². The molecule has 20 heavy (non-hydrogen) atoms. The van der Waals surface area contributed by atoms with Gasteiger partial charge < -0.3 is 0 Å². The van der Waals surface area contributed by atoms with Crippen LogP contribution >= 0.6 is 0 Å². The quantitative estimate of drug-likeness (QED) is 0.940. The molecule has 106 valence electrons. The van der Waals surface area contributed by atoms with Crippen molar-refractivity contribution < 1.29 is 8.42 Å². The maximum Gasteiger partial charge on any atom is 0.240 e. The van der Waals surface area contributed by atoms with E-state index in [1.807, 2.05) is 30.3 Å². The highest BCUT2D eigenvalue weighted by molar-refractivity contribution is 7.89. The van der Waals surface area contributed by atoms with E-state index in [0.717, 1.165) is 5.56 Å². The van der Waals surface area contributed by atoms with Gasteiger partial charge in [0.25, 0.3) is 0 Å². The molecule has 0 unspecified atom stereocenters. The molecule has 0 heterocycles. The van der Waals surface area contributed by atoms with Crippen molar-refractivity contribution in [2.24, 2.45) is 0 Å². The van der Waals surface area contributed by atoms with E-state index in [4.69, 9.17) is 0 Å². The predicted molar refractivity (Wildman–Crippen MR) is 81.3 cm³/mol. The first-order valence-electron chi connectivity index (χ1n) is 6.47. The molecule has 3 nitrogen and oxygen atoms in total. The van der Waals surface area contributed by atoms with Crippen molar-refractivity contribution in [3.05, 3.63) is 65.7 Å². The van der Waals surface area contributed by atoms with Gasteiger partial charge in [-0.3, -0.25) is 0 Å². The van der Waals surface area contributed by atoms with Gasteiger partial charge in [-0.05, 0) is 30.3 Å². The van der Waals surface area contributed by atoms with Crippen LogP contribution in [-0.2, 0) is 15.4 Å². The Morgan fingerprint density at radius 2 is 1.35 bits per heavy atom. The van der Waals surface area contributed by atoms with E-state index in [9.17, 15) is 8.42 Å². The summed E-state index contributed by atoms with van der Waals surface area (Å²) in [7, 11) is -1.96. The zero-order valence-corrected chi connectivity index (χ0v) is 12.7. The van der Waals surface area contributed by atoms with Gasteiger partial charge in [0, 0.05) is 5.41 Å². The summed E-state index contributed by atoms with van der Waals surface area (Å²) in [5, 5.41) is 0. The summed E-state index contributed by atoms with van der Waals surface area (Å²) in [6.07, 6.45) is 0. The lowest BCUT2D eigenvalue weighted by Gasteiger charge is -2.26. The molecule has 2 rings (SSSR count). The van der Waals surface area contributed by atoms with Crippen LogP contribution in [0.15, 0.2) is 59.5 Å². The summed E-state index contributed by atoms with van der Waals surface area (Å²) in [4.78, 5) is 0.285. The van der Waals surface area contributed by atoms with E-state index in [-0.39, 0.29) is 10.3 Å². The van der Waals surface area contributed by atoms with Crippen molar-refractivity contribution in [2.45, 2.75) is 24.2 Å². The average Bonchev–Trinajstić information content (AvgIpc) is 2.48. The predicted octanol–water partition coefficient (Wildman–Crippen LogP) is 2.92. The second-order valence-electron chi connectivity index (χ2n) is 5.22. The van der Waals surface area contributed by atoms with Gasteiger partial charge >= 0.3 is 0 Å². The summed E-state index contributed by atoms with van der Waals surface area (Å²) in [5.41, 5.74) is 2.12. The van der Waals surface area contributed by atoms with Gasteiger partial charge in [-0.25, -0.2) is 13.1 Å². The Morgan fingerprint density at radius 1 is 0.850 bits per heavy atom. The molecule has 0 aliphatic rings. The van der Waals surface area contributed by atoms with Gasteiger partial charge in [0.15, 0.2) is 0 Å². The molecular weight excluding hydrogens is 270 g/mol. The number of rotatable bonds is 4. The molecule has 0 radical (unpaired) electrons. The molecule has 0 aliphatic carbocycles. The van der Waals surface area contributed by atoms with Gasteiger partial charge in [0.2, 0.25) is 10.0 Å². The van der Waals surface area contributed by atoms with Crippen LogP contribution in [0.5, 0.6) is 0 Å². The van der Waals surface area contributed by atoms with Crippen LogP contribution in [0.4, 0.5) is 0 Å². The number of hydrogen-bond donors (Lipinski definition) is 1. The van der Waals surface area contributed by atoms with Crippen LogP contribution in [0.3, 0.4) is 0 Å². The second kappa shape index (κ2) is 5.38. The minimum Gasteiger partial charge on any atom is -0.214 e. The topological polar surface area (TPSA) is 46.2 Å². The lowest BCUT2D eigenvalue weighted by atomic mass is 9.78. The van der Waals surface area contributed by atoms with Crippen LogP contribution in [0.25, 0.3) is 0 Å². The third-order valence-corrected chi connectivity index (χ3v) is 5.08. The molecule has 0 saturated carbocycles. The lowest BCUT2D eigenvalue weighted by Crippen LogP contribution is -2.21. The van der Waals surface area contributed by atoms with Gasteiger partial charge in [0.05, 0.1) is 4.90 Å². The standard InChI is InChI=1S/C16H19NO2S/c1-16(2,13-7-5-4-6-8-13)14-9-11-15(12-10-14)20(18,19)17-3/h4-12,17H,1-3H3. The normalized spacial score (nSPS) is 12.3. The van der Waals surface area contributed by atoms with Crippen molar-refractivity contribution >= 4 is 10.0 Å². The molecule has 0 spiro atoms. The van der Waals surface area contributed by atoms with Crippen LogP contribution in [0.2, 0.25) is 0 Å². The van der Waals surface area contributed by atoms with E-state index in [2.05, 4.69) is 30.7 Å². The van der Waals surface area contributed by atoms with Gasteiger partial charge in [-0.2, -0.15) is 0 Å². The molecule has 2 aromatic rings. The fraction of sp³-hybridized carbons (Fsp3) is 0.250. The summed E-state index contributed by atoms with van der Waals surface area (Å²) in [6.45, 7) is 4.26. The zero-order valence-electron chi connectivity index (χ0n) is 11.9. The molecule has 0 amide bonds. The Hall–Kier alpha value is -1.65. The Balaban J connectivity index is 2.40. The smallest absolute Gasteiger partial charge is 0.214 e. The molecule has 0 fully saturated rings. The highest BCUT2D eigenvalue weighted by Crippen LogP contribution is 2.31. The van der Waals surface area contributed by atoms with Crippen LogP contribution in [0.1, 0.15) is 25.0 Å². The first-order valence-corrected chi connectivity index (χ1v) is 7.96. The van der Waals surface area contributed by atoms with Crippen molar-refractivity contribution in [3.8, 4) is 0 Å². The fourth-order valence-corrected chi connectivity index (χ4v) is 2.92. The van der Waals surface area contributed by atoms with E-state index in [0.29, 0.717) is 0 Å². The number of benzene rings is 2. The van der Waals surface area contributed by atoms with Crippen LogP contribution in [-0.4, -0.2) is 15.5 Å². The van der Waals surface area contributed by atoms with Gasteiger partial charge in [0.1, 0.15) is 0 Å². The molecule has 4 heteroatoms. The number of sulfonamides is 1. The minimum atomic E-state index is -3.38. The summed E-state index contributed by atoms with van der Waals surface area (Å²) >= 11 is 0. The highest BCUT2D eigenvalue weighted by atomic mass is 32.2. The highest BCUT2D eigenvalue weighted by Gasteiger charge is 2.23. The van der Waals surface area contributed by atoms with Crippen molar-refractivity contribution in [1.29, 1.82) is 0 Å². The van der Waals surface area contributed by atoms with Crippen LogP contribution in [0, 0.1) is 0 Å². The van der Waals surface area contributed by atoms with E-state index in [1.165, 1.54) is 12.6 Å². The van der Waals surface area contributed by atoms with Crippen molar-refractivity contribution in [3.63, 3.8) is 0 Å². The maximum absolute atomic E-state index is 11.7. The Bertz CT molecular complexity index is 674. The Morgan fingerprint density at radius 3 is 1.85 bits per heavy atom. The first-order chi connectivity index (χ1) is 9.38. The molecule has 0 bridgehead atoms. The monoisotopic (exact) mass is 289 g/mol. The molecular formula is C16H19NO2S. The summed E-state index contributed by atoms with van der Waals surface area (Å²) in [5.74, 6) is 0. The zero-order chi connectivity index (χ0) is 14.8. The largest absolute Gasteiger partial charge is 0.240 e. The third kappa shape index (κ3) is 2.76. The maximum atomic E-state index is 11.7. The first kappa shape index (κ1) is 14.8. The van der Waals surface area contributed by atoms with Crippen LogP contribution < -0.4 is 4.72 Å². The van der Waals surface area contributed by atoms with E-state index >= 15 is 0 Å². The minimum absolute atomic E-state index is 0.163. The van der Waals surface area contributed by atoms with Gasteiger partial charge in [-0.15, -0.1) is 0 Å². The molecule has 2 aromatic carbocycles. The summed E-state index contributed by atoms with van der Waals surface area (Å²) < 4.78 is 25.8. The lowest BCUT2D eigenvalue weighted by molar-refractivity contribution is 0.587. The number of nitrogens with one attached hydrogen (secondary N) is 1. The van der Waals surface area contributed by atoms with E-state index in [1.54, 1.807) is 12.1 Å². The number of hydrogen-bond acceptors (Lipinski definition) is 2. The Kier molecular flexibility index (Phi) is 3.97.